The van der Waals surface area contributed by atoms with E-state index >= 15 is 4.39 Å². The summed E-state index contributed by atoms with van der Waals surface area (Å²) >= 11 is 7.69. The Morgan fingerprint density at radius 2 is 1.94 bits per heavy atom. The minimum atomic E-state index is -1.58. The van der Waals surface area contributed by atoms with Crippen LogP contribution in [0.1, 0.15) is 49.7 Å². The normalized spacial score (nSPS) is 16.3. The van der Waals surface area contributed by atoms with Gasteiger partial charge in [0.25, 0.3) is 6.08 Å². The molecule has 0 spiro atoms. The number of piperidine rings is 1. The summed E-state index contributed by atoms with van der Waals surface area (Å²) in [5, 5.41) is 13.7. The highest BCUT2D eigenvalue weighted by molar-refractivity contribution is 7.23. The van der Waals surface area contributed by atoms with Crippen molar-refractivity contribution in [2.45, 2.75) is 38.5 Å². The first kappa shape index (κ1) is 34.7. The summed E-state index contributed by atoms with van der Waals surface area (Å²) in [4.78, 5) is 15.5. The smallest absolute Gasteiger partial charge is 0.319 e. The Balaban J connectivity index is 1.25. The Morgan fingerprint density at radius 3 is 2.63 bits per heavy atom. The predicted octanol–water partition coefficient (Wildman–Crippen LogP) is 8.50. The number of hydrogen-bond acceptors (Lipinski definition) is 10. The zero-order chi connectivity index (χ0) is 36.0. The summed E-state index contributed by atoms with van der Waals surface area (Å²) in [7, 11) is 0. The number of benzene rings is 2. The fourth-order valence-electron chi connectivity index (χ4n) is 6.72. The maximum atomic E-state index is 16.9. The molecule has 0 radical (unpaired) electrons. The molecule has 1 aliphatic carbocycles. The van der Waals surface area contributed by atoms with Crippen LogP contribution >= 0.6 is 22.9 Å². The van der Waals surface area contributed by atoms with Gasteiger partial charge in [0, 0.05) is 60.0 Å². The van der Waals surface area contributed by atoms with Gasteiger partial charge >= 0.3 is 6.01 Å². The lowest BCUT2D eigenvalue weighted by molar-refractivity contribution is 0.146. The molecule has 4 heterocycles. The minimum absolute atomic E-state index is 0.00412. The Labute approximate surface area is 299 Å². The molecule has 0 bridgehead atoms. The number of nitrogens with one attached hydrogen (secondary N) is 1. The molecule has 2 aliphatic rings. The van der Waals surface area contributed by atoms with Crippen molar-refractivity contribution in [3.8, 4) is 23.2 Å². The van der Waals surface area contributed by atoms with Crippen LogP contribution < -0.4 is 21.5 Å². The molecule has 0 amide bonds. The Bertz CT molecular complexity index is 2240. The number of rotatable bonds is 10. The second kappa shape index (κ2) is 13.8. The fourth-order valence-corrected chi connectivity index (χ4v) is 7.97. The van der Waals surface area contributed by atoms with Crippen LogP contribution in [0.4, 0.5) is 34.2 Å². The van der Waals surface area contributed by atoms with Gasteiger partial charge in [0.15, 0.2) is 5.82 Å². The second-order valence-electron chi connectivity index (χ2n) is 13.2. The number of pyridine rings is 1. The number of fused-ring (bicyclic) bond motifs is 2. The Morgan fingerprint density at radius 1 is 1.18 bits per heavy atom. The lowest BCUT2D eigenvalue weighted by Crippen LogP contribution is -2.37. The fraction of sp³-hybridized carbons (Fsp3) is 0.333. The number of anilines is 3. The highest BCUT2D eigenvalue weighted by Gasteiger charge is 2.45. The van der Waals surface area contributed by atoms with Gasteiger partial charge in [-0.25, -0.2) is 13.8 Å². The summed E-state index contributed by atoms with van der Waals surface area (Å²) in [6.07, 6.45) is 2.46. The lowest BCUT2D eigenvalue weighted by Gasteiger charge is -2.31. The zero-order valence-electron chi connectivity index (χ0n) is 27.5. The molecule has 1 atom stereocenters. The molecule has 15 heteroatoms. The molecular weight excluding hydrogens is 704 g/mol. The van der Waals surface area contributed by atoms with Gasteiger partial charge in [0.1, 0.15) is 34.0 Å². The van der Waals surface area contributed by atoms with Crippen LogP contribution in [0.2, 0.25) is 5.02 Å². The first-order valence-electron chi connectivity index (χ1n) is 16.4. The number of nitrogen functional groups attached to an aromatic ring is 2. The van der Waals surface area contributed by atoms with E-state index in [0.29, 0.717) is 44.8 Å². The number of nitriles is 1. The lowest BCUT2D eigenvalue weighted by atomic mass is 9.97. The number of ether oxygens (including phenoxy) is 1. The average Bonchev–Trinajstić information content (AvgIpc) is 3.79. The highest BCUT2D eigenvalue weighted by Crippen LogP contribution is 2.48. The van der Waals surface area contributed by atoms with Crippen molar-refractivity contribution in [1.29, 1.82) is 5.26 Å². The van der Waals surface area contributed by atoms with Crippen molar-refractivity contribution in [1.82, 2.24) is 19.9 Å². The quantitative estimate of drug-likeness (QED) is 0.121. The van der Waals surface area contributed by atoms with Gasteiger partial charge in [-0.2, -0.15) is 24.0 Å². The van der Waals surface area contributed by atoms with Crippen molar-refractivity contribution < 1.29 is 22.3 Å². The number of aromatic nitrogens is 3. The van der Waals surface area contributed by atoms with E-state index < -0.39 is 17.7 Å². The molecule has 1 aliphatic heterocycles. The molecule has 1 saturated carbocycles. The molecule has 264 valence electrons. The Hall–Kier alpha value is -4.71. The summed E-state index contributed by atoms with van der Waals surface area (Å²) in [6, 6.07) is 9.71. The van der Waals surface area contributed by atoms with Crippen molar-refractivity contribution in [3.63, 3.8) is 0 Å². The van der Waals surface area contributed by atoms with Crippen LogP contribution in [-0.4, -0.2) is 52.6 Å². The van der Waals surface area contributed by atoms with Gasteiger partial charge in [0.2, 0.25) is 0 Å². The van der Waals surface area contributed by atoms with Crippen LogP contribution in [-0.2, 0) is 0 Å². The van der Waals surface area contributed by atoms with Gasteiger partial charge in [-0.05, 0) is 60.6 Å². The molecule has 2 aromatic carbocycles. The Kier molecular flexibility index (Phi) is 9.38. The monoisotopic (exact) mass is 736 g/mol. The number of thiophene rings is 1. The van der Waals surface area contributed by atoms with Crippen molar-refractivity contribution in [2.75, 3.05) is 49.6 Å². The number of nitrogens with two attached hydrogens (primary N) is 2. The first-order valence-corrected chi connectivity index (χ1v) is 17.6. The number of hydrogen-bond donors (Lipinski definition) is 3. The number of likely N-dealkylation sites (tertiary alicyclic amines) is 1. The molecule has 3 aromatic heterocycles. The molecule has 9 nitrogen and oxygen atoms in total. The van der Waals surface area contributed by atoms with E-state index in [1.165, 1.54) is 18.2 Å². The SMILES string of the molecule is C[C@@H](CNc1nc(OCC2(CN3CCC(=C(F)F)CC3)CC2)nc2c(F)c(-c3ccc(F)c4sc(N)c(C#N)c34)c(Cl)cc12)c1cccnc1N. The van der Waals surface area contributed by atoms with Crippen molar-refractivity contribution >= 4 is 60.6 Å². The summed E-state index contributed by atoms with van der Waals surface area (Å²) < 4.78 is 64.3. The summed E-state index contributed by atoms with van der Waals surface area (Å²) in [5.41, 5.74) is 13.1. The van der Waals surface area contributed by atoms with Gasteiger partial charge in [-0.1, -0.05) is 30.7 Å². The third kappa shape index (κ3) is 6.73. The molecule has 5 aromatic rings. The van der Waals surface area contributed by atoms with E-state index in [9.17, 15) is 18.4 Å². The van der Waals surface area contributed by atoms with E-state index in [0.717, 1.165) is 29.7 Å². The van der Waals surface area contributed by atoms with E-state index in [-0.39, 0.29) is 83.0 Å². The van der Waals surface area contributed by atoms with Gasteiger partial charge in [-0.3, -0.25) is 0 Å². The van der Waals surface area contributed by atoms with Crippen LogP contribution in [0.3, 0.4) is 0 Å². The average molecular weight is 737 g/mol. The predicted molar refractivity (Wildman–Crippen MR) is 192 cm³/mol. The topological polar surface area (TPSA) is 139 Å². The van der Waals surface area contributed by atoms with Crippen LogP contribution in [0.25, 0.3) is 32.1 Å². The molecule has 7 rings (SSSR count). The van der Waals surface area contributed by atoms with Gasteiger partial charge < -0.3 is 26.4 Å². The van der Waals surface area contributed by atoms with Crippen LogP contribution in [0.5, 0.6) is 6.01 Å². The molecular formula is C36H33ClF4N8OS. The number of halogens is 5. The second-order valence-corrected chi connectivity index (χ2v) is 14.7. The zero-order valence-corrected chi connectivity index (χ0v) is 29.1. The molecule has 2 fully saturated rings. The minimum Gasteiger partial charge on any atom is -0.463 e. The van der Waals surface area contributed by atoms with E-state index in [1.54, 1.807) is 12.3 Å². The van der Waals surface area contributed by atoms with E-state index in [4.69, 9.17) is 27.8 Å². The van der Waals surface area contributed by atoms with E-state index in [2.05, 4.69) is 25.2 Å². The first-order chi connectivity index (χ1) is 24.5. The summed E-state index contributed by atoms with van der Waals surface area (Å²) in [6.45, 7) is 4.32. The van der Waals surface area contributed by atoms with Crippen LogP contribution in [0.15, 0.2) is 48.2 Å². The van der Waals surface area contributed by atoms with Crippen LogP contribution in [0, 0.1) is 28.4 Å². The molecule has 1 saturated heterocycles. The van der Waals surface area contributed by atoms with Gasteiger partial charge in [-0.15, -0.1) is 11.3 Å². The number of nitrogens with zero attached hydrogens (tertiary/aromatic N) is 5. The molecule has 51 heavy (non-hydrogen) atoms. The summed E-state index contributed by atoms with van der Waals surface area (Å²) in [5.74, 6) is -0.857. The maximum absolute atomic E-state index is 16.9. The standard InChI is InChI=1S/C36H33ClF4N8OS/c1-18(20-3-2-10-45-32(20)43)15-46-34-22-13-24(37)27(21-4-5-25(38)30-26(21)23(14-42)33(44)51-30)28(39)29(22)47-35(48-34)50-17-36(8-9-36)16-49-11-6-19(7-12-49)31(40)41/h2-5,10,13,18H,6-9,11-12,15-17,44H2,1H3,(H2,43,45)(H,46,47,48)/t18-/m0/s1. The highest BCUT2D eigenvalue weighted by atomic mass is 35.5. The van der Waals surface area contributed by atoms with E-state index in [1.807, 2.05) is 19.1 Å². The molecule has 0 unspecified atom stereocenters. The van der Waals surface area contributed by atoms with Crippen molar-refractivity contribution in [3.05, 3.63) is 76.0 Å². The largest absolute Gasteiger partial charge is 0.463 e. The molecule has 5 N–H and O–H groups in total. The third-order valence-electron chi connectivity index (χ3n) is 9.79. The third-order valence-corrected chi connectivity index (χ3v) is 11.1. The maximum Gasteiger partial charge on any atom is 0.319 e. The van der Waals surface area contributed by atoms with Crippen molar-refractivity contribution in [2.24, 2.45) is 5.41 Å². The van der Waals surface area contributed by atoms with Gasteiger partial charge in [0.05, 0.1) is 21.9 Å².